The van der Waals surface area contributed by atoms with Crippen molar-refractivity contribution < 1.29 is 14.3 Å². The van der Waals surface area contributed by atoms with Crippen LogP contribution in [0.5, 0.6) is 11.5 Å². The topological polar surface area (TPSA) is 66.2 Å². The highest BCUT2D eigenvalue weighted by Gasteiger charge is 2.19. The van der Waals surface area contributed by atoms with Gasteiger partial charge in [-0.15, -0.1) is 10.2 Å². The van der Waals surface area contributed by atoms with E-state index in [2.05, 4.69) is 22.3 Å². The molecule has 1 heterocycles. The van der Waals surface area contributed by atoms with Gasteiger partial charge < -0.3 is 9.47 Å². The van der Waals surface area contributed by atoms with Gasteiger partial charge in [0, 0.05) is 12.1 Å². The summed E-state index contributed by atoms with van der Waals surface area (Å²) in [5.74, 6) is 2.07. The van der Waals surface area contributed by atoms with Gasteiger partial charge in [0.05, 0.1) is 25.5 Å². The number of ketones is 1. The zero-order chi connectivity index (χ0) is 22.3. The minimum atomic E-state index is -0.0713. The maximum atomic E-state index is 13.0. The molecule has 3 aromatic carbocycles. The van der Waals surface area contributed by atoms with E-state index in [1.54, 1.807) is 32.4 Å². The minimum Gasteiger partial charge on any atom is -0.497 e. The molecule has 0 radical (unpaired) electrons. The van der Waals surface area contributed by atoms with E-state index < -0.39 is 0 Å². The molecule has 0 atom stereocenters. The summed E-state index contributed by atoms with van der Waals surface area (Å²) >= 11 is 1.35. The van der Waals surface area contributed by atoms with E-state index in [9.17, 15) is 4.79 Å². The number of thioether (sulfide) groups is 1. The molecule has 0 unspecified atom stereocenters. The third-order valence-electron chi connectivity index (χ3n) is 4.96. The van der Waals surface area contributed by atoms with E-state index in [4.69, 9.17) is 9.47 Å². The summed E-state index contributed by atoms with van der Waals surface area (Å²) in [6, 6.07) is 25.3. The van der Waals surface area contributed by atoms with Crippen molar-refractivity contribution in [1.29, 1.82) is 0 Å². The maximum absolute atomic E-state index is 13.0. The number of carbonyl (C=O) groups is 1. The fourth-order valence-electron chi connectivity index (χ4n) is 3.36. The van der Waals surface area contributed by atoms with Crippen LogP contribution in [0.2, 0.25) is 0 Å². The number of methoxy groups -OCH3 is 2. The second-order valence-corrected chi connectivity index (χ2v) is 7.95. The molecule has 7 heteroatoms. The highest BCUT2D eigenvalue weighted by molar-refractivity contribution is 7.99. The zero-order valence-electron chi connectivity index (χ0n) is 17.9. The van der Waals surface area contributed by atoms with Crippen molar-refractivity contribution >= 4 is 17.5 Å². The molecular weight excluding hydrogens is 422 g/mol. The largest absolute Gasteiger partial charge is 0.497 e. The Morgan fingerprint density at radius 2 is 1.62 bits per heavy atom. The van der Waals surface area contributed by atoms with Crippen molar-refractivity contribution in [1.82, 2.24) is 14.8 Å². The predicted molar refractivity (Wildman–Crippen MR) is 125 cm³/mol. The van der Waals surface area contributed by atoms with Crippen molar-refractivity contribution in [3.63, 3.8) is 0 Å². The fourth-order valence-corrected chi connectivity index (χ4v) is 4.22. The van der Waals surface area contributed by atoms with Crippen molar-refractivity contribution in [2.24, 2.45) is 0 Å². The first kappa shape index (κ1) is 21.6. The molecule has 0 saturated heterocycles. The molecule has 162 valence electrons. The third kappa shape index (κ3) is 4.84. The molecular formula is C25H23N3O3S. The molecule has 0 N–H and O–H groups in total. The van der Waals surface area contributed by atoms with Crippen LogP contribution >= 0.6 is 11.8 Å². The maximum Gasteiger partial charge on any atom is 0.196 e. The predicted octanol–water partition coefficient (Wildman–Crippen LogP) is 4.85. The monoisotopic (exact) mass is 445 g/mol. The van der Waals surface area contributed by atoms with Crippen LogP contribution in [0, 0.1) is 0 Å². The lowest BCUT2D eigenvalue weighted by Crippen LogP contribution is -2.08. The van der Waals surface area contributed by atoms with Gasteiger partial charge in [0.1, 0.15) is 17.3 Å². The average Bonchev–Trinajstić information content (AvgIpc) is 3.25. The number of hydrogen-bond donors (Lipinski definition) is 0. The molecule has 0 amide bonds. The lowest BCUT2D eigenvalue weighted by Gasteiger charge is -2.11. The number of ether oxygens (including phenoxy) is 2. The van der Waals surface area contributed by atoms with Crippen LogP contribution in [0.25, 0.3) is 5.69 Å². The van der Waals surface area contributed by atoms with Gasteiger partial charge in [0.2, 0.25) is 0 Å². The van der Waals surface area contributed by atoms with Gasteiger partial charge in [-0.1, -0.05) is 60.3 Å². The van der Waals surface area contributed by atoms with E-state index in [0.717, 1.165) is 17.1 Å². The smallest absolute Gasteiger partial charge is 0.196 e. The third-order valence-corrected chi connectivity index (χ3v) is 5.89. The second-order valence-electron chi connectivity index (χ2n) is 7.01. The summed E-state index contributed by atoms with van der Waals surface area (Å²) in [5.41, 5.74) is 2.58. The number of para-hydroxylation sites is 1. The van der Waals surface area contributed by atoms with Crippen LogP contribution in [-0.4, -0.2) is 40.5 Å². The SMILES string of the molecule is COc1ccc(OC)c(C(=O)CSc2nnc(Cc3ccccc3)n2-c2ccccc2)c1. The number of Topliss-reactive ketones (excluding diaryl/α,β-unsaturated/α-hetero) is 1. The highest BCUT2D eigenvalue weighted by atomic mass is 32.2. The molecule has 4 rings (SSSR count). The summed E-state index contributed by atoms with van der Waals surface area (Å²) in [4.78, 5) is 13.0. The molecule has 0 aliphatic heterocycles. The number of nitrogens with zero attached hydrogens (tertiary/aromatic N) is 3. The Labute approximate surface area is 191 Å². The van der Waals surface area contributed by atoms with Crippen LogP contribution < -0.4 is 9.47 Å². The average molecular weight is 446 g/mol. The van der Waals surface area contributed by atoms with Crippen molar-refractivity contribution in [3.05, 3.63) is 95.8 Å². The van der Waals surface area contributed by atoms with E-state index in [0.29, 0.717) is 28.6 Å². The number of hydrogen-bond acceptors (Lipinski definition) is 6. The van der Waals surface area contributed by atoms with Gasteiger partial charge in [0.25, 0.3) is 0 Å². The molecule has 0 bridgehead atoms. The Bertz CT molecular complexity index is 1190. The molecule has 4 aromatic rings. The molecule has 0 spiro atoms. The Kier molecular flexibility index (Phi) is 6.87. The fraction of sp³-hybridized carbons (Fsp3) is 0.160. The van der Waals surface area contributed by atoms with E-state index in [1.165, 1.54) is 11.8 Å². The molecule has 1 aromatic heterocycles. The van der Waals surface area contributed by atoms with E-state index >= 15 is 0 Å². The summed E-state index contributed by atoms with van der Waals surface area (Å²) in [6.07, 6.45) is 0.640. The summed E-state index contributed by atoms with van der Waals surface area (Å²) in [5, 5.41) is 9.50. The van der Waals surface area contributed by atoms with Crippen LogP contribution in [0.4, 0.5) is 0 Å². The van der Waals surface area contributed by atoms with E-state index in [-0.39, 0.29) is 11.5 Å². The summed E-state index contributed by atoms with van der Waals surface area (Å²) in [6.45, 7) is 0. The van der Waals surface area contributed by atoms with Gasteiger partial charge >= 0.3 is 0 Å². The lowest BCUT2D eigenvalue weighted by molar-refractivity contribution is 0.101. The lowest BCUT2D eigenvalue weighted by atomic mass is 10.1. The molecule has 0 aliphatic carbocycles. The molecule has 6 nitrogen and oxygen atoms in total. The first-order chi connectivity index (χ1) is 15.7. The zero-order valence-corrected chi connectivity index (χ0v) is 18.7. The van der Waals surface area contributed by atoms with E-state index in [1.807, 2.05) is 53.1 Å². The first-order valence-corrected chi connectivity index (χ1v) is 11.1. The Morgan fingerprint density at radius 3 is 2.31 bits per heavy atom. The van der Waals surface area contributed by atoms with Crippen LogP contribution in [-0.2, 0) is 6.42 Å². The van der Waals surface area contributed by atoms with Gasteiger partial charge in [-0.05, 0) is 35.9 Å². The number of rotatable bonds is 9. The molecule has 0 aliphatic rings. The standard InChI is InChI=1S/C25H23N3O3S/c1-30-20-13-14-23(31-2)21(16-20)22(29)17-32-25-27-26-24(15-18-9-5-3-6-10-18)28(25)19-11-7-4-8-12-19/h3-14,16H,15,17H2,1-2H3. The number of aromatic nitrogens is 3. The Morgan fingerprint density at radius 1 is 0.906 bits per heavy atom. The summed E-state index contributed by atoms with van der Waals surface area (Å²) in [7, 11) is 3.12. The van der Waals surface area contributed by atoms with Crippen molar-refractivity contribution in [3.8, 4) is 17.2 Å². The van der Waals surface area contributed by atoms with Crippen molar-refractivity contribution in [2.75, 3.05) is 20.0 Å². The van der Waals surface area contributed by atoms with Crippen molar-refractivity contribution in [2.45, 2.75) is 11.6 Å². The van der Waals surface area contributed by atoms with Crippen LogP contribution in [0.1, 0.15) is 21.7 Å². The second kappa shape index (κ2) is 10.2. The minimum absolute atomic E-state index is 0.0713. The number of benzene rings is 3. The van der Waals surface area contributed by atoms with Gasteiger partial charge in [0.15, 0.2) is 10.9 Å². The Hall–Kier alpha value is -3.58. The first-order valence-electron chi connectivity index (χ1n) is 10.1. The van der Waals surface area contributed by atoms with Gasteiger partial charge in [-0.3, -0.25) is 9.36 Å². The molecule has 0 fully saturated rings. The van der Waals surface area contributed by atoms with Gasteiger partial charge in [-0.2, -0.15) is 0 Å². The molecule has 32 heavy (non-hydrogen) atoms. The van der Waals surface area contributed by atoms with Crippen LogP contribution in [0.3, 0.4) is 0 Å². The highest BCUT2D eigenvalue weighted by Crippen LogP contribution is 2.28. The Balaban J connectivity index is 1.61. The normalized spacial score (nSPS) is 10.7. The van der Waals surface area contributed by atoms with Gasteiger partial charge in [-0.25, -0.2) is 0 Å². The quantitative estimate of drug-likeness (QED) is 0.271. The molecule has 0 saturated carbocycles. The summed E-state index contributed by atoms with van der Waals surface area (Å²) < 4.78 is 12.6. The van der Waals surface area contributed by atoms with Crippen LogP contribution in [0.15, 0.2) is 84.0 Å². The number of carbonyl (C=O) groups excluding carboxylic acids is 1.